The molecule has 3 heterocycles. The number of H-pyrrole nitrogens is 1. The van der Waals surface area contributed by atoms with Gasteiger partial charge in [0.2, 0.25) is 0 Å². The van der Waals surface area contributed by atoms with Crippen LogP contribution in [0.1, 0.15) is 38.1 Å². The molecule has 0 bridgehead atoms. The maximum absolute atomic E-state index is 13.2. The molecule has 1 aliphatic heterocycles. The van der Waals surface area contributed by atoms with Gasteiger partial charge in [-0.3, -0.25) is 19.2 Å². The average Bonchev–Trinajstić information content (AvgIpc) is 3.32. The number of hydrogen-bond donors (Lipinski definition) is 2. The van der Waals surface area contributed by atoms with Gasteiger partial charge in [0.05, 0.1) is 29.8 Å². The van der Waals surface area contributed by atoms with Crippen molar-refractivity contribution in [3.63, 3.8) is 0 Å². The van der Waals surface area contributed by atoms with Crippen molar-refractivity contribution >= 4 is 34.4 Å². The lowest BCUT2D eigenvalue weighted by Crippen LogP contribution is -2.56. The summed E-state index contributed by atoms with van der Waals surface area (Å²) in [4.78, 5) is 61.5. The number of hydrogen-bond acceptors (Lipinski definition) is 6. The second kappa shape index (κ2) is 9.34. The third-order valence-electron chi connectivity index (χ3n) is 5.97. The van der Waals surface area contributed by atoms with Crippen LogP contribution in [0.15, 0.2) is 42.7 Å². The summed E-state index contributed by atoms with van der Waals surface area (Å²) in [7, 11) is 2.89. The largest absolute Gasteiger partial charge is 0.494 e. The standard InChI is InChI=1S/C24H25N5O5/c1-14-13-28(9-10-29(14)23(32)15-7-5-4-6-8-15)24(33)21(30)16-11-26-19-18(16)17(34-3)12-27-20(19)22(31)25-2/h4-8,11-12,14,26H,9-10,13H2,1-3H3,(H,25,31)/t14-/m1/s1. The van der Waals surface area contributed by atoms with Crippen LogP contribution in [-0.2, 0) is 4.79 Å². The molecule has 10 heteroatoms. The molecule has 0 unspecified atom stereocenters. The zero-order valence-electron chi connectivity index (χ0n) is 19.1. The monoisotopic (exact) mass is 463 g/mol. The van der Waals surface area contributed by atoms with Crippen molar-refractivity contribution in [3.05, 3.63) is 59.5 Å². The molecule has 1 atom stereocenters. The first kappa shape index (κ1) is 23.0. The van der Waals surface area contributed by atoms with E-state index < -0.39 is 17.6 Å². The number of carbonyl (C=O) groups excluding carboxylic acids is 4. The number of nitrogens with zero attached hydrogens (tertiary/aromatic N) is 3. The highest BCUT2D eigenvalue weighted by Gasteiger charge is 2.34. The van der Waals surface area contributed by atoms with E-state index in [9.17, 15) is 19.2 Å². The number of ketones is 1. The number of aromatic amines is 1. The molecular weight excluding hydrogens is 438 g/mol. The Balaban J connectivity index is 1.56. The summed E-state index contributed by atoms with van der Waals surface area (Å²) in [5.41, 5.74) is 1.07. The fraction of sp³-hybridized carbons (Fsp3) is 0.292. The number of pyridine rings is 1. The topological polar surface area (TPSA) is 125 Å². The summed E-state index contributed by atoms with van der Waals surface area (Å²) in [6.07, 6.45) is 2.73. The number of Topliss-reactive ketones (excluding diaryl/α,β-unsaturated/α-hetero) is 1. The van der Waals surface area contributed by atoms with Gasteiger partial charge in [-0.2, -0.15) is 0 Å². The van der Waals surface area contributed by atoms with Gasteiger partial charge in [0.25, 0.3) is 23.5 Å². The van der Waals surface area contributed by atoms with E-state index in [2.05, 4.69) is 15.3 Å². The van der Waals surface area contributed by atoms with Gasteiger partial charge in [0.15, 0.2) is 5.69 Å². The van der Waals surface area contributed by atoms with Gasteiger partial charge in [0.1, 0.15) is 5.75 Å². The van der Waals surface area contributed by atoms with Crippen LogP contribution in [0.2, 0.25) is 0 Å². The molecule has 2 aromatic heterocycles. The summed E-state index contributed by atoms with van der Waals surface area (Å²) in [5.74, 6) is -1.68. The Kier molecular flexibility index (Phi) is 6.31. The summed E-state index contributed by atoms with van der Waals surface area (Å²) in [6.45, 7) is 2.63. The molecule has 2 N–H and O–H groups in total. The lowest BCUT2D eigenvalue weighted by atomic mass is 10.1. The first-order valence-electron chi connectivity index (χ1n) is 10.8. The summed E-state index contributed by atoms with van der Waals surface area (Å²) in [5, 5.41) is 2.82. The molecule has 4 rings (SSSR count). The predicted octanol–water partition coefficient (Wildman–Crippen LogP) is 1.49. The second-order valence-corrected chi connectivity index (χ2v) is 8.00. The molecule has 176 valence electrons. The molecule has 1 saturated heterocycles. The number of amides is 3. The van der Waals surface area contributed by atoms with Crippen LogP contribution in [-0.4, -0.2) is 83.1 Å². The molecule has 1 aliphatic rings. The van der Waals surface area contributed by atoms with Crippen molar-refractivity contribution in [1.82, 2.24) is 25.1 Å². The minimum Gasteiger partial charge on any atom is -0.494 e. The maximum atomic E-state index is 13.2. The van der Waals surface area contributed by atoms with E-state index in [1.165, 1.54) is 31.5 Å². The van der Waals surface area contributed by atoms with Gasteiger partial charge in [-0.15, -0.1) is 0 Å². The van der Waals surface area contributed by atoms with Crippen molar-refractivity contribution < 1.29 is 23.9 Å². The SMILES string of the molecule is CNC(=O)c1ncc(OC)c2c(C(=O)C(=O)N3CCN(C(=O)c4ccccc4)[C@H](C)C3)c[nH]c12. The lowest BCUT2D eigenvalue weighted by molar-refractivity contribution is -0.128. The van der Waals surface area contributed by atoms with Crippen molar-refractivity contribution in [3.8, 4) is 5.75 Å². The fourth-order valence-electron chi connectivity index (χ4n) is 4.19. The van der Waals surface area contributed by atoms with Crippen molar-refractivity contribution in [1.29, 1.82) is 0 Å². The van der Waals surface area contributed by atoms with E-state index in [0.717, 1.165) is 0 Å². The maximum Gasteiger partial charge on any atom is 0.295 e. The normalized spacial score (nSPS) is 15.8. The molecule has 0 saturated carbocycles. The number of nitrogens with one attached hydrogen (secondary N) is 2. The van der Waals surface area contributed by atoms with Gasteiger partial charge < -0.3 is 24.8 Å². The van der Waals surface area contributed by atoms with Crippen molar-refractivity contribution in [2.75, 3.05) is 33.8 Å². The molecule has 34 heavy (non-hydrogen) atoms. The zero-order valence-corrected chi connectivity index (χ0v) is 19.1. The molecule has 0 radical (unpaired) electrons. The third kappa shape index (κ3) is 3.98. The van der Waals surface area contributed by atoms with Gasteiger partial charge >= 0.3 is 0 Å². The van der Waals surface area contributed by atoms with E-state index in [1.807, 2.05) is 13.0 Å². The number of rotatable bonds is 5. The quantitative estimate of drug-likeness (QED) is 0.436. The zero-order chi connectivity index (χ0) is 24.4. The first-order chi connectivity index (χ1) is 16.4. The van der Waals surface area contributed by atoms with Crippen LogP contribution in [0, 0.1) is 0 Å². The number of carbonyl (C=O) groups is 4. The van der Waals surface area contributed by atoms with Crippen LogP contribution in [0.5, 0.6) is 5.75 Å². The number of ether oxygens (including phenoxy) is 1. The number of methoxy groups -OCH3 is 1. The highest BCUT2D eigenvalue weighted by Crippen LogP contribution is 2.30. The van der Waals surface area contributed by atoms with E-state index >= 15 is 0 Å². The third-order valence-corrected chi connectivity index (χ3v) is 5.97. The van der Waals surface area contributed by atoms with Crippen molar-refractivity contribution in [2.24, 2.45) is 0 Å². The summed E-state index contributed by atoms with van der Waals surface area (Å²) >= 11 is 0. The Labute approximate surface area is 195 Å². The molecule has 10 nitrogen and oxygen atoms in total. The van der Waals surface area contributed by atoms with Crippen LogP contribution >= 0.6 is 0 Å². The first-order valence-corrected chi connectivity index (χ1v) is 10.8. The van der Waals surface area contributed by atoms with Crippen LogP contribution < -0.4 is 10.1 Å². The lowest BCUT2D eigenvalue weighted by Gasteiger charge is -2.39. The second-order valence-electron chi connectivity index (χ2n) is 8.00. The van der Waals surface area contributed by atoms with E-state index in [0.29, 0.717) is 23.0 Å². The smallest absolute Gasteiger partial charge is 0.295 e. The molecule has 1 aromatic carbocycles. The van der Waals surface area contributed by atoms with Crippen LogP contribution in [0.3, 0.4) is 0 Å². The predicted molar refractivity (Wildman–Crippen MR) is 124 cm³/mol. The van der Waals surface area contributed by atoms with Gasteiger partial charge in [-0.05, 0) is 19.1 Å². The number of fused-ring (bicyclic) bond motifs is 1. The molecule has 0 spiro atoms. The van der Waals surface area contributed by atoms with Crippen molar-refractivity contribution in [2.45, 2.75) is 13.0 Å². The minimum absolute atomic E-state index is 0.0893. The molecule has 3 amide bonds. The highest BCUT2D eigenvalue weighted by atomic mass is 16.5. The van der Waals surface area contributed by atoms with Gasteiger partial charge in [-0.25, -0.2) is 4.98 Å². The number of piperazine rings is 1. The molecular formula is C24H25N5O5. The Bertz CT molecular complexity index is 1270. The molecule has 0 aliphatic carbocycles. The summed E-state index contributed by atoms with van der Waals surface area (Å²) in [6, 6.07) is 8.69. The fourth-order valence-corrected chi connectivity index (χ4v) is 4.19. The Morgan fingerprint density at radius 1 is 1.15 bits per heavy atom. The van der Waals surface area contributed by atoms with Crippen LogP contribution in [0.4, 0.5) is 0 Å². The Morgan fingerprint density at radius 2 is 1.88 bits per heavy atom. The van der Waals surface area contributed by atoms with Crippen LogP contribution in [0.25, 0.3) is 10.9 Å². The van der Waals surface area contributed by atoms with Gasteiger partial charge in [0, 0.05) is 44.5 Å². The molecule has 1 fully saturated rings. The Morgan fingerprint density at radius 3 is 2.53 bits per heavy atom. The van der Waals surface area contributed by atoms with Gasteiger partial charge in [-0.1, -0.05) is 18.2 Å². The minimum atomic E-state index is -0.728. The average molecular weight is 463 g/mol. The van der Waals surface area contributed by atoms with E-state index in [1.54, 1.807) is 29.2 Å². The molecule has 3 aromatic rings. The highest BCUT2D eigenvalue weighted by molar-refractivity contribution is 6.45. The number of benzene rings is 1. The number of aromatic nitrogens is 2. The van der Waals surface area contributed by atoms with E-state index in [-0.39, 0.29) is 42.0 Å². The Hall–Kier alpha value is -4.21. The summed E-state index contributed by atoms with van der Waals surface area (Å²) < 4.78 is 5.33. The van der Waals surface area contributed by atoms with E-state index in [4.69, 9.17) is 4.74 Å².